The molecule has 5 rings (SSSR count). The first-order valence-electron chi connectivity index (χ1n) is 12.4. The molecule has 0 saturated carbocycles. The van der Waals surface area contributed by atoms with E-state index in [1.165, 1.54) is 6.92 Å². The van der Waals surface area contributed by atoms with E-state index in [0.717, 1.165) is 10.8 Å². The number of aryl methyl sites for hydroxylation is 2. The van der Waals surface area contributed by atoms with Gasteiger partial charge in [0.1, 0.15) is 11.4 Å². The SMILES string of the molecule is CC(=O)c1cc(NC(=O)c2ccc(NC(=O)c3cc(NC(=O)c4cc5ccccc5cn4)cn3C)cc2)cn1C. The van der Waals surface area contributed by atoms with Crippen LogP contribution in [0.2, 0.25) is 0 Å². The predicted molar refractivity (Wildman–Crippen MR) is 153 cm³/mol. The number of aromatic nitrogens is 3. The molecular formula is C30H26N6O4. The molecule has 0 unspecified atom stereocenters. The van der Waals surface area contributed by atoms with Crippen molar-refractivity contribution in [3.63, 3.8) is 0 Å². The van der Waals surface area contributed by atoms with Crippen LogP contribution in [0, 0.1) is 0 Å². The molecule has 0 atom stereocenters. The van der Waals surface area contributed by atoms with E-state index >= 15 is 0 Å². The number of nitrogens with zero attached hydrogens (tertiary/aromatic N) is 3. The highest BCUT2D eigenvalue weighted by Crippen LogP contribution is 2.19. The van der Waals surface area contributed by atoms with Crippen LogP contribution >= 0.6 is 0 Å². The molecular weight excluding hydrogens is 508 g/mol. The number of hydrogen-bond donors (Lipinski definition) is 3. The van der Waals surface area contributed by atoms with E-state index in [9.17, 15) is 19.2 Å². The third-order valence-electron chi connectivity index (χ3n) is 6.39. The first-order chi connectivity index (χ1) is 19.2. The lowest BCUT2D eigenvalue weighted by Gasteiger charge is -2.07. The van der Waals surface area contributed by atoms with Crippen LogP contribution in [0.4, 0.5) is 17.1 Å². The summed E-state index contributed by atoms with van der Waals surface area (Å²) < 4.78 is 3.26. The second kappa shape index (κ2) is 10.7. The van der Waals surface area contributed by atoms with Crippen molar-refractivity contribution in [1.82, 2.24) is 14.1 Å². The van der Waals surface area contributed by atoms with Crippen LogP contribution in [0.15, 0.2) is 85.3 Å². The standard InChI is InChI=1S/C30H26N6O4/c1-18(37)26-13-23(16-35(26)2)33-28(38)19-8-10-22(11-9-19)32-30(40)27-14-24(17-36(27)3)34-29(39)25-12-20-6-4-5-7-21(20)15-31-25/h4-17H,1-3H3,(H,32,40)(H,33,38)(H,34,39). The summed E-state index contributed by atoms with van der Waals surface area (Å²) in [5.74, 6) is -1.21. The fourth-order valence-electron chi connectivity index (χ4n) is 4.35. The molecule has 5 aromatic rings. The van der Waals surface area contributed by atoms with E-state index in [1.807, 2.05) is 24.3 Å². The van der Waals surface area contributed by atoms with Gasteiger partial charge in [0, 0.05) is 56.2 Å². The molecule has 0 bridgehead atoms. The zero-order valence-electron chi connectivity index (χ0n) is 22.1. The largest absolute Gasteiger partial charge is 0.346 e. The van der Waals surface area contributed by atoms with Gasteiger partial charge in [-0.2, -0.15) is 0 Å². The Morgan fingerprint density at radius 3 is 1.88 bits per heavy atom. The van der Waals surface area contributed by atoms with Crippen LogP contribution in [-0.4, -0.2) is 37.6 Å². The van der Waals surface area contributed by atoms with Gasteiger partial charge in [0.15, 0.2) is 5.78 Å². The highest BCUT2D eigenvalue weighted by molar-refractivity contribution is 6.08. The average Bonchev–Trinajstić information content (AvgIpc) is 3.49. The predicted octanol–water partition coefficient (Wildman–Crippen LogP) is 4.87. The molecule has 3 N–H and O–H groups in total. The fourth-order valence-corrected chi connectivity index (χ4v) is 4.35. The Hall–Kier alpha value is -5.51. The van der Waals surface area contributed by atoms with E-state index in [-0.39, 0.29) is 29.2 Å². The van der Waals surface area contributed by atoms with E-state index in [1.54, 1.807) is 84.3 Å². The van der Waals surface area contributed by atoms with Gasteiger partial charge in [-0.15, -0.1) is 0 Å². The maximum Gasteiger partial charge on any atom is 0.274 e. The smallest absolute Gasteiger partial charge is 0.274 e. The number of hydrogen-bond acceptors (Lipinski definition) is 5. The van der Waals surface area contributed by atoms with Crippen molar-refractivity contribution in [3.8, 4) is 0 Å². The molecule has 0 aliphatic rings. The second-order valence-corrected chi connectivity index (χ2v) is 9.36. The zero-order valence-corrected chi connectivity index (χ0v) is 22.1. The zero-order chi connectivity index (χ0) is 28.4. The number of rotatable bonds is 7. The van der Waals surface area contributed by atoms with Crippen molar-refractivity contribution in [2.75, 3.05) is 16.0 Å². The maximum absolute atomic E-state index is 12.9. The van der Waals surface area contributed by atoms with Crippen molar-refractivity contribution in [1.29, 1.82) is 0 Å². The van der Waals surface area contributed by atoms with Gasteiger partial charge in [0.05, 0.1) is 17.1 Å². The summed E-state index contributed by atoms with van der Waals surface area (Å²) in [5.41, 5.74) is 2.93. The van der Waals surface area contributed by atoms with Crippen LogP contribution < -0.4 is 16.0 Å². The number of amides is 3. The number of benzene rings is 2. The summed E-state index contributed by atoms with van der Waals surface area (Å²) in [4.78, 5) is 54.2. The molecule has 200 valence electrons. The van der Waals surface area contributed by atoms with Crippen molar-refractivity contribution in [2.45, 2.75) is 6.92 Å². The second-order valence-electron chi connectivity index (χ2n) is 9.36. The normalized spacial score (nSPS) is 10.8. The Balaban J connectivity index is 1.22. The third-order valence-corrected chi connectivity index (χ3v) is 6.39. The highest BCUT2D eigenvalue weighted by Gasteiger charge is 2.16. The van der Waals surface area contributed by atoms with E-state index in [0.29, 0.717) is 34.0 Å². The number of nitrogens with one attached hydrogen (secondary N) is 3. The molecule has 40 heavy (non-hydrogen) atoms. The van der Waals surface area contributed by atoms with Crippen molar-refractivity contribution in [2.24, 2.45) is 14.1 Å². The quantitative estimate of drug-likeness (QED) is 0.257. The fraction of sp³-hybridized carbons (Fsp3) is 0.100. The Kier molecular flexibility index (Phi) is 6.98. The Morgan fingerprint density at radius 2 is 1.23 bits per heavy atom. The lowest BCUT2D eigenvalue weighted by molar-refractivity contribution is 0.0999. The van der Waals surface area contributed by atoms with Gasteiger partial charge in [0.25, 0.3) is 17.7 Å². The Labute approximate surface area is 229 Å². The first-order valence-corrected chi connectivity index (χ1v) is 12.4. The van der Waals surface area contributed by atoms with Gasteiger partial charge in [-0.3, -0.25) is 24.2 Å². The minimum absolute atomic E-state index is 0.0993. The molecule has 3 aromatic heterocycles. The molecule has 2 aromatic carbocycles. The molecule has 3 amide bonds. The Morgan fingerprint density at radius 1 is 0.650 bits per heavy atom. The highest BCUT2D eigenvalue weighted by atomic mass is 16.2. The lowest BCUT2D eigenvalue weighted by atomic mass is 10.1. The first kappa shape index (κ1) is 26.1. The van der Waals surface area contributed by atoms with E-state index < -0.39 is 0 Å². The van der Waals surface area contributed by atoms with E-state index in [4.69, 9.17) is 0 Å². The number of Topliss-reactive ketones (excluding diaryl/α,β-unsaturated/α-hetero) is 1. The molecule has 0 radical (unpaired) electrons. The molecule has 3 heterocycles. The van der Waals surface area contributed by atoms with Crippen LogP contribution in [0.5, 0.6) is 0 Å². The summed E-state index contributed by atoms with van der Waals surface area (Å²) in [6, 6.07) is 19.0. The summed E-state index contributed by atoms with van der Waals surface area (Å²) >= 11 is 0. The van der Waals surface area contributed by atoms with Gasteiger partial charge < -0.3 is 25.1 Å². The Bertz CT molecular complexity index is 1780. The van der Waals surface area contributed by atoms with Gasteiger partial charge >= 0.3 is 0 Å². The van der Waals surface area contributed by atoms with Gasteiger partial charge in [-0.05, 0) is 47.9 Å². The molecule has 0 spiro atoms. The topological polar surface area (TPSA) is 127 Å². The number of fused-ring (bicyclic) bond motifs is 1. The van der Waals surface area contributed by atoms with Crippen molar-refractivity contribution >= 4 is 51.3 Å². The van der Waals surface area contributed by atoms with Crippen LogP contribution in [0.1, 0.15) is 48.7 Å². The maximum atomic E-state index is 12.9. The van der Waals surface area contributed by atoms with E-state index in [2.05, 4.69) is 20.9 Å². The molecule has 10 nitrogen and oxygen atoms in total. The minimum Gasteiger partial charge on any atom is -0.346 e. The number of carbonyl (C=O) groups is 4. The van der Waals surface area contributed by atoms with Crippen LogP contribution in [0.25, 0.3) is 10.8 Å². The molecule has 0 aliphatic carbocycles. The summed E-state index contributed by atoms with van der Waals surface area (Å²) in [7, 11) is 3.43. The summed E-state index contributed by atoms with van der Waals surface area (Å²) in [6.07, 6.45) is 4.95. The number of anilines is 3. The van der Waals surface area contributed by atoms with Crippen molar-refractivity contribution in [3.05, 3.63) is 108 Å². The third kappa shape index (κ3) is 5.51. The molecule has 10 heteroatoms. The van der Waals surface area contributed by atoms with Gasteiger partial charge in [-0.25, -0.2) is 0 Å². The van der Waals surface area contributed by atoms with Crippen LogP contribution in [-0.2, 0) is 14.1 Å². The molecule has 0 aliphatic heterocycles. The summed E-state index contributed by atoms with van der Waals surface area (Å²) in [6.45, 7) is 1.46. The van der Waals surface area contributed by atoms with Crippen LogP contribution in [0.3, 0.4) is 0 Å². The number of pyridine rings is 1. The number of ketones is 1. The molecule has 0 fully saturated rings. The monoisotopic (exact) mass is 534 g/mol. The lowest BCUT2D eigenvalue weighted by Crippen LogP contribution is -2.16. The van der Waals surface area contributed by atoms with Gasteiger partial charge in [0.2, 0.25) is 0 Å². The average molecular weight is 535 g/mol. The summed E-state index contributed by atoms with van der Waals surface area (Å²) in [5, 5.41) is 10.2. The minimum atomic E-state index is -0.384. The number of carbonyl (C=O) groups excluding carboxylic acids is 4. The van der Waals surface area contributed by atoms with Gasteiger partial charge in [-0.1, -0.05) is 24.3 Å². The molecule has 0 saturated heterocycles. The van der Waals surface area contributed by atoms with Crippen molar-refractivity contribution < 1.29 is 19.2 Å².